The molecule has 282 valence electrons. The lowest BCUT2D eigenvalue weighted by atomic mass is 10.1. The van der Waals surface area contributed by atoms with Crippen molar-refractivity contribution in [2.24, 2.45) is 5.92 Å². The van der Waals surface area contributed by atoms with Gasteiger partial charge < -0.3 is 0 Å². The topological polar surface area (TPSA) is 0 Å². The highest BCUT2D eigenvalue weighted by Crippen LogP contribution is 2.57. The second kappa shape index (κ2) is 14.6. The molecule has 1 aliphatic rings. The maximum atomic E-state index is 14.2. The van der Waals surface area contributed by atoms with Crippen LogP contribution in [0.5, 0.6) is 0 Å². The Hall–Kier alpha value is -3.62. The second-order valence-corrected chi connectivity index (χ2v) is 18.0. The molecular weight excluding hydrogens is 758 g/mol. The largest absolute Gasteiger partial charge is 0.416 e. The summed E-state index contributed by atoms with van der Waals surface area (Å²) in [4.78, 5) is 0. The van der Waals surface area contributed by atoms with Gasteiger partial charge in [-0.15, -0.1) is 0 Å². The van der Waals surface area contributed by atoms with E-state index in [1.165, 1.54) is 12.2 Å². The van der Waals surface area contributed by atoms with Gasteiger partial charge in [-0.2, -0.15) is 52.7 Å². The molecule has 0 saturated heterocycles. The molecule has 4 aromatic carbocycles. The number of halogens is 12. The first kappa shape index (κ1) is 40.6. The minimum atomic E-state index is -5.32. The number of rotatable bonds is 7. The second-order valence-electron chi connectivity index (χ2n) is 13.2. The number of hydrogen-bond acceptors (Lipinski definition) is 0. The molecule has 0 fully saturated rings. The summed E-state index contributed by atoms with van der Waals surface area (Å²) in [6, 6.07) is 13.2. The SMILES string of the molecule is Cc1cc(C)cc(P(c2cc(C)cc(C)c2)[C@H](C)C2C=CC=C2P(c2cc(C(F)(F)F)cc(C(F)(F)F)c2)c2cc(C(F)(F)F)cc(C(F)(F)F)c2)c1. The predicted molar refractivity (Wildman–Crippen MR) is 187 cm³/mol. The molecule has 5 rings (SSSR count). The van der Waals surface area contributed by atoms with Gasteiger partial charge in [0.2, 0.25) is 0 Å². The highest BCUT2D eigenvalue weighted by Gasteiger charge is 2.42. The molecule has 1 unspecified atom stereocenters. The molecule has 0 spiro atoms. The number of alkyl halides is 12. The van der Waals surface area contributed by atoms with Gasteiger partial charge in [0.25, 0.3) is 0 Å². The van der Waals surface area contributed by atoms with Gasteiger partial charge in [0.1, 0.15) is 0 Å². The van der Waals surface area contributed by atoms with E-state index in [9.17, 15) is 52.7 Å². The van der Waals surface area contributed by atoms with Crippen molar-refractivity contribution < 1.29 is 52.7 Å². The monoisotopic (exact) mass is 790 g/mol. The molecule has 0 heterocycles. The molecule has 0 nitrogen and oxygen atoms in total. The van der Waals surface area contributed by atoms with Gasteiger partial charge >= 0.3 is 24.7 Å². The van der Waals surface area contributed by atoms with E-state index in [4.69, 9.17) is 0 Å². The number of hydrogen-bond donors (Lipinski definition) is 0. The van der Waals surface area contributed by atoms with Gasteiger partial charge in [-0.25, -0.2) is 0 Å². The normalized spacial score (nSPS) is 16.1. The van der Waals surface area contributed by atoms with E-state index >= 15 is 0 Å². The Morgan fingerprint density at radius 1 is 0.453 bits per heavy atom. The Morgan fingerprint density at radius 3 is 1.08 bits per heavy atom. The molecule has 14 heteroatoms. The minimum Gasteiger partial charge on any atom is -0.166 e. The molecule has 0 amide bonds. The van der Waals surface area contributed by atoms with E-state index in [-0.39, 0.29) is 17.4 Å². The van der Waals surface area contributed by atoms with Crippen LogP contribution in [-0.2, 0) is 24.7 Å². The van der Waals surface area contributed by atoms with E-state index in [2.05, 4.69) is 0 Å². The van der Waals surface area contributed by atoms with Crippen LogP contribution >= 0.6 is 15.8 Å². The van der Waals surface area contributed by atoms with E-state index < -0.39 is 85.0 Å². The van der Waals surface area contributed by atoms with Crippen LogP contribution in [0.15, 0.2) is 96.3 Å². The highest BCUT2D eigenvalue weighted by atomic mass is 31.1. The molecule has 4 aromatic rings. The fourth-order valence-corrected chi connectivity index (χ4v) is 12.8. The van der Waals surface area contributed by atoms with E-state index in [0.717, 1.165) is 32.9 Å². The molecule has 0 N–H and O–H groups in total. The molecule has 0 aliphatic heterocycles. The third-order valence-corrected chi connectivity index (χ3v) is 14.0. The van der Waals surface area contributed by atoms with E-state index in [1.807, 2.05) is 71.0 Å². The Bertz CT molecular complexity index is 1830. The van der Waals surface area contributed by atoms with Crippen molar-refractivity contribution in [3.63, 3.8) is 0 Å². The maximum absolute atomic E-state index is 14.2. The fraction of sp³-hybridized carbons (Fsp3) is 0.282. The summed E-state index contributed by atoms with van der Waals surface area (Å²) in [6.07, 6.45) is -16.7. The van der Waals surface area contributed by atoms with Gasteiger partial charge in [0.05, 0.1) is 22.3 Å². The zero-order chi connectivity index (χ0) is 39.4. The molecule has 0 radical (unpaired) electrons. The highest BCUT2D eigenvalue weighted by molar-refractivity contribution is 7.77. The summed E-state index contributed by atoms with van der Waals surface area (Å²) in [7, 11) is -4.23. The zero-order valence-electron chi connectivity index (χ0n) is 28.7. The van der Waals surface area contributed by atoms with Gasteiger partial charge in [0, 0.05) is 5.92 Å². The van der Waals surface area contributed by atoms with Crippen LogP contribution < -0.4 is 21.2 Å². The van der Waals surface area contributed by atoms with Crippen LogP contribution in [0.25, 0.3) is 0 Å². The van der Waals surface area contributed by atoms with Crippen molar-refractivity contribution in [3.05, 3.63) is 141 Å². The molecule has 0 aromatic heterocycles. The summed E-state index contributed by atoms with van der Waals surface area (Å²) in [5, 5.41) is 0.535. The summed E-state index contributed by atoms with van der Waals surface area (Å²) < 4.78 is 170. The molecule has 0 saturated carbocycles. The Labute approximate surface area is 301 Å². The maximum Gasteiger partial charge on any atom is 0.416 e. The van der Waals surface area contributed by atoms with E-state index in [0.29, 0.717) is 24.3 Å². The van der Waals surface area contributed by atoms with Gasteiger partial charge in [-0.1, -0.05) is 83.8 Å². The molecule has 1 aliphatic carbocycles. The first-order valence-electron chi connectivity index (χ1n) is 16.1. The number of aryl methyl sites for hydroxylation is 4. The molecule has 53 heavy (non-hydrogen) atoms. The van der Waals surface area contributed by atoms with Crippen molar-refractivity contribution in [2.45, 2.75) is 65.0 Å². The molecule has 2 atom stereocenters. The first-order chi connectivity index (χ1) is 24.3. The third kappa shape index (κ3) is 9.20. The lowest BCUT2D eigenvalue weighted by Gasteiger charge is -2.35. The van der Waals surface area contributed by atoms with E-state index in [1.54, 1.807) is 6.08 Å². The Morgan fingerprint density at radius 2 is 0.774 bits per heavy atom. The average molecular weight is 791 g/mol. The zero-order valence-corrected chi connectivity index (χ0v) is 30.5. The van der Waals surface area contributed by atoms with Crippen LogP contribution in [0.3, 0.4) is 0 Å². The number of allylic oxidation sites excluding steroid dienone is 4. The van der Waals surface area contributed by atoms with Crippen LogP contribution in [0.2, 0.25) is 0 Å². The lowest BCUT2D eigenvalue weighted by molar-refractivity contribution is -0.144. The quantitative estimate of drug-likeness (QED) is 0.129. The number of benzene rings is 4. The van der Waals surface area contributed by atoms with Crippen LogP contribution in [0, 0.1) is 33.6 Å². The minimum absolute atomic E-state index is 0.119. The fourth-order valence-electron chi connectivity index (χ4n) is 6.66. The molecule has 0 bridgehead atoms. The van der Waals surface area contributed by atoms with Crippen LogP contribution in [0.4, 0.5) is 52.7 Å². The third-order valence-electron chi connectivity index (χ3n) is 8.74. The Kier molecular flexibility index (Phi) is 11.1. The van der Waals surface area contributed by atoms with Crippen LogP contribution in [-0.4, -0.2) is 5.66 Å². The smallest absolute Gasteiger partial charge is 0.166 e. The van der Waals surface area contributed by atoms with Crippen molar-refractivity contribution in [1.29, 1.82) is 0 Å². The van der Waals surface area contributed by atoms with Crippen molar-refractivity contribution >= 4 is 37.1 Å². The Balaban J connectivity index is 1.81. The predicted octanol–water partition coefficient (Wildman–Crippen LogP) is 12.0. The van der Waals surface area contributed by atoms with Crippen molar-refractivity contribution in [2.75, 3.05) is 0 Å². The summed E-state index contributed by atoms with van der Waals surface area (Å²) in [5.74, 6) is -0.804. The van der Waals surface area contributed by atoms with Crippen LogP contribution in [0.1, 0.15) is 51.4 Å². The molecular formula is C39H32F12P2. The van der Waals surface area contributed by atoms with Gasteiger partial charge in [-0.05, 0) is 112 Å². The lowest BCUT2D eigenvalue weighted by Crippen LogP contribution is -2.29. The summed E-state index contributed by atoms with van der Waals surface area (Å²) >= 11 is 0. The standard InChI is InChI=1S/C39H32F12P2/c1-21-9-22(2)12-30(11-21)52(31-13-23(3)10-24(4)14-31)25(5)34-7-6-8-35(34)53(32-17-26(36(40,41)42)15-27(18-32)37(43,44)45)33-19-28(38(46,47)48)16-29(20-33)39(49,50)51/h6-20,25,34H,1-5H3/t25-,34?/m1/s1. The average Bonchev–Trinajstić information content (AvgIpc) is 3.48. The van der Waals surface area contributed by atoms with Crippen molar-refractivity contribution in [3.8, 4) is 0 Å². The van der Waals surface area contributed by atoms with Crippen molar-refractivity contribution in [1.82, 2.24) is 0 Å². The summed E-state index contributed by atoms with van der Waals surface area (Å²) in [5.41, 5.74) is -3.71. The van der Waals surface area contributed by atoms with Gasteiger partial charge in [0.15, 0.2) is 0 Å². The van der Waals surface area contributed by atoms with Gasteiger partial charge in [-0.3, -0.25) is 0 Å². The first-order valence-corrected chi connectivity index (χ1v) is 18.8. The summed E-state index contributed by atoms with van der Waals surface area (Å²) in [6.45, 7) is 9.42.